The van der Waals surface area contributed by atoms with Crippen molar-refractivity contribution in [3.63, 3.8) is 0 Å². The van der Waals surface area contributed by atoms with Crippen LogP contribution in [0.2, 0.25) is 0 Å². The summed E-state index contributed by atoms with van der Waals surface area (Å²) >= 11 is 1.79. The number of nitrogens with zero attached hydrogens (tertiary/aromatic N) is 1. The molecule has 2 heterocycles. The Bertz CT molecular complexity index is 810. The lowest BCUT2D eigenvalue weighted by Crippen LogP contribution is -2.30. The molecule has 0 aliphatic heterocycles. The SMILES string of the molecule is CC1(C)Cc2c(ccn2-c2ccc3sccc3c2)C(N)C1. The van der Waals surface area contributed by atoms with E-state index in [1.54, 1.807) is 11.3 Å². The molecule has 1 atom stereocenters. The number of nitrogens with two attached hydrogens (primary N) is 1. The Labute approximate surface area is 129 Å². The molecule has 0 saturated carbocycles. The van der Waals surface area contributed by atoms with Crippen LogP contribution in [0, 0.1) is 5.41 Å². The molecule has 108 valence electrons. The van der Waals surface area contributed by atoms with Crippen molar-refractivity contribution in [3.05, 3.63) is 53.2 Å². The maximum atomic E-state index is 6.38. The van der Waals surface area contributed by atoms with E-state index >= 15 is 0 Å². The molecule has 3 heteroatoms. The lowest BCUT2D eigenvalue weighted by Gasteiger charge is -2.34. The lowest BCUT2D eigenvalue weighted by atomic mass is 9.74. The Balaban J connectivity index is 1.86. The summed E-state index contributed by atoms with van der Waals surface area (Å²) in [4.78, 5) is 0. The first kappa shape index (κ1) is 13.1. The first-order chi connectivity index (χ1) is 10.0. The zero-order valence-electron chi connectivity index (χ0n) is 12.5. The van der Waals surface area contributed by atoms with E-state index < -0.39 is 0 Å². The summed E-state index contributed by atoms with van der Waals surface area (Å²) in [5, 5.41) is 3.47. The monoisotopic (exact) mass is 296 g/mol. The highest BCUT2D eigenvalue weighted by molar-refractivity contribution is 7.17. The number of rotatable bonds is 1. The van der Waals surface area contributed by atoms with E-state index in [0.717, 1.165) is 12.8 Å². The molecule has 4 rings (SSSR count). The molecule has 0 radical (unpaired) electrons. The molecule has 1 unspecified atom stereocenters. The predicted octanol–water partition coefficient (Wildman–Crippen LogP) is 4.66. The average Bonchev–Trinajstić information content (AvgIpc) is 3.02. The molecular formula is C18H20N2S. The van der Waals surface area contributed by atoms with E-state index in [1.165, 1.54) is 27.0 Å². The molecule has 1 aliphatic rings. The molecule has 1 aromatic carbocycles. The van der Waals surface area contributed by atoms with Crippen molar-refractivity contribution in [2.75, 3.05) is 0 Å². The first-order valence-corrected chi connectivity index (χ1v) is 8.35. The molecule has 0 spiro atoms. The zero-order valence-corrected chi connectivity index (χ0v) is 13.3. The van der Waals surface area contributed by atoms with Gasteiger partial charge in [-0.1, -0.05) is 13.8 Å². The van der Waals surface area contributed by atoms with E-state index in [1.807, 2.05) is 0 Å². The summed E-state index contributed by atoms with van der Waals surface area (Å²) in [6.07, 6.45) is 4.33. The largest absolute Gasteiger partial charge is 0.324 e. The van der Waals surface area contributed by atoms with Crippen molar-refractivity contribution in [1.29, 1.82) is 0 Å². The predicted molar refractivity (Wildman–Crippen MR) is 90.2 cm³/mol. The van der Waals surface area contributed by atoms with Crippen LogP contribution in [0.3, 0.4) is 0 Å². The van der Waals surface area contributed by atoms with Crippen molar-refractivity contribution in [2.24, 2.45) is 11.1 Å². The Morgan fingerprint density at radius 2 is 2.10 bits per heavy atom. The standard InChI is InChI=1S/C18H20N2S/c1-18(2)10-15(19)14-5-7-20(16(14)11-18)13-3-4-17-12(9-13)6-8-21-17/h3-9,15H,10-11,19H2,1-2H3. The Morgan fingerprint density at radius 3 is 2.95 bits per heavy atom. The van der Waals surface area contributed by atoms with Gasteiger partial charge in [0, 0.05) is 28.3 Å². The molecular weight excluding hydrogens is 276 g/mol. The number of thiophene rings is 1. The molecule has 0 fully saturated rings. The second-order valence-electron chi connectivity index (χ2n) is 6.88. The minimum atomic E-state index is 0.162. The number of hydrogen-bond donors (Lipinski definition) is 1. The van der Waals surface area contributed by atoms with Crippen LogP contribution in [0.4, 0.5) is 0 Å². The molecule has 2 aromatic heterocycles. The van der Waals surface area contributed by atoms with Gasteiger partial charge < -0.3 is 10.3 Å². The second-order valence-corrected chi connectivity index (χ2v) is 7.83. The number of benzene rings is 1. The van der Waals surface area contributed by atoms with Crippen LogP contribution < -0.4 is 5.73 Å². The van der Waals surface area contributed by atoms with Crippen LogP contribution in [0.25, 0.3) is 15.8 Å². The average molecular weight is 296 g/mol. The van der Waals surface area contributed by atoms with Gasteiger partial charge in [0.1, 0.15) is 0 Å². The molecule has 1 aliphatic carbocycles. The van der Waals surface area contributed by atoms with Crippen LogP contribution in [0.5, 0.6) is 0 Å². The van der Waals surface area contributed by atoms with Crippen molar-refractivity contribution >= 4 is 21.4 Å². The summed E-state index contributed by atoms with van der Waals surface area (Å²) in [7, 11) is 0. The van der Waals surface area contributed by atoms with Gasteiger partial charge in [-0.15, -0.1) is 11.3 Å². The molecule has 2 nitrogen and oxygen atoms in total. The lowest BCUT2D eigenvalue weighted by molar-refractivity contribution is 0.278. The van der Waals surface area contributed by atoms with Gasteiger partial charge in [-0.2, -0.15) is 0 Å². The summed E-state index contributed by atoms with van der Waals surface area (Å²) in [5.74, 6) is 0. The van der Waals surface area contributed by atoms with Crippen LogP contribution in [-0.4, -0.2) is 4.57 Å². The first-order valence-electron chi connectivity index (χ1n) is 7.47. The second kappa shape index (κ2) is 4.46. The molecule has 0 amide bonds. The Hall–Kier alpha value is -1.58. The van der Waals surface area contributed by atoms with Gasteiger partial charge >= 0.3 is 0 Å². The quantitative estimate of drug-likeness (QED) is 0.695. The van der Waals surface area contributed by atoms with Crippen LogP contribution >= 0.6 is 11.3 Å². The number of aromatic nitrogens is 1. The Morgan fingerprint density at radius 1 is 1.24 bits per heavy atom. The summed E-state index contributed by atoms with van der Waals surface area (Å²) in [6, 6.07) is 11.3. The van der Waals surface area contributed by atoms with Gasteiger partial charge in [-0.05, 0) is 64.9 Å². The summed E-state index contributed by atoms with van der Waals surface area (Å²) in [6.45, 7) is 4.63. The molecule has 2 N–H and O–H groups in total. The highest BCUT2D eigenvalue weighted by Gasteiger charge is 2.32. The third kappa shape index (κ3) is 2.12. The van der Waals surface area contributed by atoms with E-state index in [-0.39, 0.29) is 11.5 Å². The van der Waals surface area contributed by atoms with E-state index in [9.17, 15) is 0 Å². The minimum Gasteiger partial charge on any atom is -0.324 e. The van der Waals surface area contributed by atoms with Crippen molar-refractivity contribution in [1.82, 2.24) is 4.57 Å². The highest BCUT2D eigenvalue weighted by atomic mass is 32.1. The molecule has 0 saturated heterocycles. The smallest absolute Gasteiger partial charge is 0.0459 e. The summed E-state index contributed by atoms with van der Waals surface area (Å²) < 4.78 is 3.67. The van der Waals surface area contributed by atoms with Crippen LogP contribution in [-0.2, 0) is 6.42 Å². The topological polar surface area (TPSA) is 30.9 Å². The summed E-state index contributed by atoms with van der Waals surface area (Å²) in [5.41, 5.74) is 10.6. The normalized spacial score (nSPS) is 20.6. The molecule has 3 aromatic rings. The maximum absolute atomic E-state index is 6.38. The van der Waals surface area contributed by atoms with E-state index in [4.69, 9.17) is 5.73 Å². The van der Waals surface area contributed by atoms with Gasteiger partial charge in [-0.25, -0.2) is 0 Å². The third-order valence-corrected chi connectivity index (χ3v) is 5.46. The number of hydrogen-bond acceptors (Lipinski definition) is 2. The van der Waals surface area contributed by atoms with Gasteiger partial charge in [0.25, 0.3) is 0 Å². The minimum absolute atomic E-state index is 0.162. The number of fused-ring (bicyclic) bond motifs is 2. The fourth-order valence-electron chi connectivity index (χ4n) is 3.58. The Kier molecular flexibility index (Phi) is 2.78. The third-order valence-electron chi connectivity index (χ3n) is 4.56. The van der Waals surface area contributed by atoms with Crippen molar-refractivity contribution < 1.29 is 0 Å². The van der Waals surface area contributed by atoms with Crippen LogP contribution in [0.1, 0.15) is 37.6 Å². The fourth-order valence-corrected chi connectivity index (χ4v) is 4.35. The van der Waals surface area contributed by atoms with Gasteiger partial charge in [0.15, 0.2) is 0 Å². The van der Waals surface area contributed by atoms with Gasteiger partial charge in [-0.3, -0.25) is 0 Å². The van der Waals surface area contributed by atoms with Gasteiger partial charge in [0.2, 0.25) is 0 Å². The van der Waals surface area contributed by atoms with E-state index in [2.05, 4.69) is 60.3 Å². The van der Waals surface area contributed by atoms with Gasteiger partial charge in [0.05, 0.1) is 0 Å². The maximum Gasteiger partial charge on any atom is 0.0459 e. The van der Waals surface area contributed by atoms with Crippen molar-refractivity contribution in [3.8, 4) is 5.69 Å². The molecule has 21 heavy (non-hydrogen) atoms. The zero-order chi connectivity index (χ0) is 14.6. The highest BCUT2D eigenvalue weighted by Crippen LogP contribution is 2.41. The van der Waals surface area contributed by atoms with Crippen molar-refractivity contribution in [2.45, 2.75) is 32.7 Å². The fraction of sp³-hybridized carbons (Fsp3) is 0.333. The molecule has 0 bridgehead atoms. The van der Waals surface area contributed by atoms with Crippen LogP contribution in [0.15, 0.2) is 41.9 Å². The van der Waals surface area contributed by atoms with E-state index in [0.29, 0.717) is 0 Å².